The molecule has 0 aliphatic carbocycles. The van der Waals surface area contributed by atoms with E-state index in [-0.39, 0.29) is 25.1 Å². The molecule has 0 unspecified atom stereocenters. The van der Waals surface area contributed by atoms with Crippen molar-refractivity contribution < 1.29 is 14.3 Å². The molecule has 0 saturated heterocycles. The van der Waals surface area contributed by atoms with Crippen LogP contribution in [0.15, 0.2) is 17.1 Å². The van der Waals surface area contributed by atoms with Gasteiger partial charge < -0.3 is 15.2 Å². The molecule has 0 spiro atoms. The van der Waals surface area contributed by atoms with Gasteiger partial charge in [0, 0.05) is 12.6 Å². The Labute approximate surface area is 116 Å². The second-order valence-corrected chi connectivity index (χ2v) is 4.36. The Morgan fingerprint density at radius 2 is 2.37 bits per heavy atom. The van der Waals surface area contributed by atoms with Gasteiger partial charge in [-0.1, -0.05) is 6.92 Å². The molecule has 106 valence electrons. The fraction of sp³-hybridized carbons (Fsp3) is 0.545. The van der Waals surface area contributed by atoms with Crippen LogP contribution >= 0.6 is 12.6 Å². The molecule has 1 aromatic rings. The second-order valence-electron chi connectivity index (χ2n) is 3.79. The van der Waals surface area contributed by atoms with E-state index >= 15 is 0 Å². The second kappa shape index (κ2) is 7.80. The molecule has 0 saturated carbocycles. The third-order valence-corrected chi connectivity index (χ3v) is 2.44. The normalized spacial score (nSPS) is 12.1. The highest BCUT2D eigenvalue weighted by Gasteiger charge is 2.08. The van der Waals surface area contributed by atoms with Crippen molar-refractivity contribution in [3.8, 4) is 0 Å². The molecule has 0 amide bonds. The minimum atomic E-state index is -0.606. The number of thiol groups is 1. The summed E-state index contributed by atoms with van der Waals surface area (Å²) in [5.41, 5.74) is 4.24. The predicted molar refractivity (Wildman–Crippen MR) is 72.6 cm³/mol. The smallest absolute Gasteiger partial charge is 0.351 e. The van der Waals surface area contributed by atoms with E-state index in [0.29, 0.717) is 6.42 Å². The fourth-order valence-corrected chi connectivity index (χ4v) is 1.34. The first-order valence-electron chi connectivity index (χ1n) is 5.81. The molecule has 0 bridgehead atoms. The molecule has 19 heavy (non-hydrogen) atoms. The van der Waals surface area contributed by atoms with Gasteiger partial charge in [-0.05, 0) is 12.5 Å². The van der Waals surface area contributed by atoms with E-state index in [1.54, 1.807) is 0 Å². The fourth-order valence-electron chi connectivity index (χ4n) is 1.20. The Morgan fingerprint density at radius 3 is 3.00 bits per heavy atom. The quantitative estimate of drug-likeness (QED) is 0.428. The van der Waals surface area contributed by atoms with Crippen LogP contribution in [0.1, 0.15) is 19.8 Å². The maximum Gasteiger partial charge on any atom is 0.351 e. The molecule has 0 radical (unpaired) electrons. The largest absolute Gasteiger partial charge is 0.462 e. The number of nitrogens with zero attached hydrogens (tertiary/aromatic N) is 2. The van der Waals surface area contributed by atoms with Gasteiger partial charge in [-0.15, -0.1) is 12.6 Å². The van der Waals surface area contributed by atoms with Crippen molar-refractivity contribution in [2.45, 2.75) is 31.9 Å². The molecule has 0 aliphatic rings. The number of rotatable bonds is 7. The van der Waals surface area contributed by atoms with Crippen molar-refractivity contribution in [1.29, 1.82) is 0 Å². The third kappa shape index (κ3) is 5.75. The van der Waals surface area contributed by atoms with E-state index in [0.717, 1.165) is 6.42 Å². The number of ether oxygens (including phenoxy) is 2. The number of nitrogen functional groups attached to an aromatic ring is 1. The lowest BCUT2D eigenvalue weighted by Crippen LogP contribution is -2.26. The molecule has 8 heteroatoms. The Hall–Kier alpha value is -1.54. The summed E-state index contributed by atoms with van der Waals surface area (Å²) in [5.74, 6) is -0.145. The van der Waals surface area contributed by atoms with Crippen LogP contribution in [0, 0.1) is 0 Å². The molecule has 1 heterocycles. The van der Waals surface area contributed by atoms with Crippen molar-refractivity contribution in [2.75, 3.05) is 12.3 Å². The summed E-state index contributed by atoms with van der Waals surface area (Å²) in [4.78, 5) is 26.1. The van der Waals surface area contributed by atoms with Crippen LogP contribution in [0.5, 0.6) is 0 Å². The SMILES string of the molecule is CCCC(=O)OC[C@H](S)OCn1ccc(N)nc1=O. The van der Waals surface area contributed by atoms with Gasteiger partial charge >= 0.3 is 11.7 Å². The summed E-state index contributed by atoms with van der Waals surface area (Å²) >= 11 is 4.10. The van der Waals surface area contributed by atoms with Crippen LogP contribution in [-0.2, 0) is 21.0 Å². The zero-order valence-electron chi connectivity index (χ0n) is 10.6. The maximum absolute atomic E-state index is 11.4. The predicted octanol–water partition coefficient (Wildman–Crippen LogP) is 0.399. The van der Waals surface area contributed by atoms with Gasteiger partial charge in [-0.3, -0.25) is 9.36 Å². The molecule has 0 aliphatic heterocycles. The molecule has 1 aromatic heterocycles. The van der Waals surface area contributed by atoms with Crippen LogP contribution in [-0.4, -0.2) is 27.6 Å². The number of carbonyl (C=O) groups is 1. The van der Waals surface area contributed by atoms with Gasteiger partial charge in [0.2, 0.25) is 0 Å². The van der Waals surface area contributed by atoms with Gasteiger partial charge in [-0.25, -0.2) is 4.79 Å². The van der Waals surface area contributed by atoms with E-state index < -0.39 is 11.1 Å². The molecular formula is C11H17N3O4S. The van der Waals surface area contributed by atoms with Gasteiger partial charge in [0.15, 0.2) is 0 Å². The summed E-state index contributed by atoms with van der Waals surface area (Å²) in [6.07, 6.45) is 2.56. The molecule has 2 N–H and O–H groups in total. The standard InChI is InChI=1S/C11H17N3O4S/c1-2-3-9(15)17-6-10(19)18-7-14-5-4-8(12)13-11(14)16/h4-5,10,19H,2-3,6-7H2,1H3,(H2,12,13,16)/t10-/m0/s1. The lowest BCUT2D eigenvalue weighted by Gasteiger charge is -2.13. The number of hydrogen-bond acceptors (Lipinski definition) is 7. The van der Waals surface area contributed by atoms with E-state index in [1.165, 1.54) is 16.8 Å². The topological polar surface area (TPSA) is 96.4 Å². The number of esters is 1. The Bertz CT molecular complexity index is 477. The molecule has 1 atom stereocenters. The molecular weight excluding hydrogens is 270 g/mol. The highest BCUT2D eigenvalue weighted by molar-refractivity contribution is 7.80. The van der Waals surface area contributed by atoms with E-state index in [9.17, 15) is 9.59 Å². The minimum absolute atomic E-state index is 0.0269. The van der Waals surface area contributed by atoms with Crippen LogP contribution < -0.4 is 11.4 Å². The van der Waals surface area contributed by atoms with Crippen molar-refractivity contribution >= 4 is 24.4 Å². The molecule has 1 rings (SSSR count). The highest BCUT2D eigenvalue weighted by Crippen LogP contribution is 2.02. The maximum atomic E-state index is 11.4. The third-order valence-electron chi connectivity index (χ3n) is 2.14. The lowest BCUT2D eigenvalue weighted by molar-refractivity contribution is -0.146. The van der Waals surface area contributed by atoms with E-state index in [1.807, 2.05) is 6.92 Å². The first-order valence-corrected chi connectivity index (χ1v) is 6.32. The van der Waals surface area contributed by atoms with Crippen LogP contribution in [0.2, 0.25) is 0 Å². The first kappa shape index (κ1) is 15.5. The van der Waals surface area contributed by atoms with Crippen LogP contribution in [0.4, 0.5) is 5.82 Å². The molecule has 0 fully saturated rings. The average molecular weight is 287 g/mol. The van der Waals surface area contributed by atoms with E-state index in [2.05, 4.69) is 17.6 Å². The Balaban J connectivity index is 2.35. The zero-order valence-corrected chi connectivity index (χ0v) is 11.5. The number of nitrogens with two attached hydrogens (primary N) is 1. The first-order chi connectivity index (χ1) is 9.02. The van der Waals surface area contributed by atoms with E-state index in [4.69, 9.17) is 15.2 Å². The Kier molecular flexibility index (Phi) is 6.37. The summed E-state index contributed by atoms with van der Waals surface area (Å²) in [6.45, 7) is 1.88. The summed E-state index contributed by atoms with van der Waals surface area (Å²) in [7, 11) is 0. The van der Waals surface area contributed by atoms with Crippen molar-refractivity contribution in [2.24, 2.45) is 0 Å². The van der Waals surface area contributed by atoms with Gasteiger partial charge in [0.05, 0.1) is 0 Å². The summed E-state index contributed by atoms with van der Waals surface area (Å²) in [5, 5.41) is 0. The lowest BCUT2D eigenvalue weighted by atomic mass is 10.3. The van der Waals surface area contributed by atoms with Crippen molar-refractivity contribution in [3.63, 3.8) is 0 Å². The summed E-state index contributed by atoms with van der Waals surface area (Å²) in [6, 6.07) is 1.49. The number of aromatic nitrogens is 2. The van der Waals surface area contributed by atoms with Gasteiger partial charge in [-0.2, -0.15) is 4.98 Å². The number of anilines is 1. The summed E-state index contributed by atoms with van der Waals surface area (Å²) < 4.78 is 11.4. The van der Waals surface area contributed by atoms with Crippen molar-refractivity contribution in [3.05, 3.63) is 22.7 Å². The Morgan fingerprint density at radius 1 is 1.63 bits per heavy atom. The van der Waals surface area contributed by atoms with Crippen molar-refractivity contribution in [1.82, 2.24) is 9.55 Å². The number of hydrogen-bond donors (Lipinski definition) is 2. The monoisotopic (exact) mass is 287 g/mol. The van der Waals surface area contributed by atoms with Gasteiger partial charge in [0.25, 0.3) is 0 Å². The number of carbonyl (C=O) groups excluding carboxylic acids is 1. The minimum Gasteiger partial charge on any atom is -0.462 e. The highest BCUT2D eigenvalue weighted by atomic mass is 32.1. The van der Waals surface area contributed by atoms with Crippen LogP contribution in [0.3, 0.4) is 0 Å². The van der Waals surface area contributed by atoms with Gasteiger partial charge in [0.1, 0.15) is 24.6 Å². The zero-order chi connectivity index (χ0) is 14.3. The average Bonchev–Trinajstić information content (AvgIpc) is 2.35. The molecule has 7 nitrogen and oxygen atoms in total. The van der Waals surface area contributed by atoms with Crippen LogP contribution in [0.25, 0.3) is 0 Å². The molecule has 0 aromatic carbocycles.